The summed E-state index contributed by atoms with van der Waals surface area (Å²) in [5, 5.41) is 1.10. The Balaban J connectivity index is 2.77. The van der Waals surface area contributed by atoms with Gasteiger partial charge in [-0.1, -0.05) is 18.2 Å². The van der Waals surface area contributed by atoms with Crippen molar-refractivity contribution in [3.8, 4) is 0 Å². The van der Waals surface area contributed by atoms with Gasteiger partial charge in [0.15, 0.2) is 0 Å². The van der Waals surface area contributed by atoms with Crippen molar-refractivity contribution < 1.29 is 0 Å². The van der Waals surface area contributed by atoms with Crippen molar-refractivity contribution in [2.45, 2.75) is 11.8 Å². The van der Waals surface area contributed by atoms with Crippen LogP contribution in [0.3, 0.4) is 0 Å². The van der Waals surface area contributed by atoms with Gasteiger partial charge in [0.1, 0.15) is 0 Å². The van der Waals surface area contributed by atoms with Crippen LogP contribution in [0.15, 0.2) is 30.5 Å². The monoisotopic (exact) mass is 225 g/mol. The highest BCUT2D eigenvalue weighted by atomic mass is 35.5. The van der Waals surface area contributed by atoms with Crippen LogP contribution in [0.5, 0.6) is 0 Å². The third-order valence-electron chi connectivity index (χ3n) is 2.23. The minimum Gasteiger partial charge on any atom is -0.256 e. The lowest BCUT2D eigenvalue weighted by atomic mass is 10.1. The number of alkyl halides is 2. The van der Waals surface area contributed by atoms with E-state index in [9.17, 15) is 0 Å². The summed E-state index contributed by atoms with van der Waals surface area (Å²) >= 11 is 11.7. The quantitative estimate of drug-likeness (QED) is 0.711. The fraction of sp³-hybridized carbons (Fsp3) is 0.182. The van der Waals surface area contributed by atoms with Crippen LogP contribution < -0.4 is 0 Å². The highest BCUT2D eigenvalue weighted by molar-refractivity contribution is 6.19. The molecule has 72 valence electrons. The first-order valence-corrected chi connectivity index (χ1v) is 5.41. The second-order valence-electron chi connectivity index (χ2n) is 3.05. The largest absolute Gasteiger partial charge is 0.256 e. The molecule has 0 saturated carbocycles. The lowest BCUT2D eigenvalue weighted by molar-refractivity contribution is 1.30. The van der Waals surface area contributed by atoms with Gasteiger partial charge in [0, 0.05) is 23.3 Å². The standard InChI is InChI=1S/C11H9Cl2N/c12-6-8-4-5-14-11-9(7-13)2-1-3-10(8)11/h1-5H,6-7H2. The van der Waals surface area contributed by atoms with Crippen LogP contribution in [0.1, 0.15) is 11.1 Å². The topological polar surface area (TPSA) is 12.9 Å². The number of nitrogens with zero attached hydrogens (tertiary/aromatic N) is 1. The van der Waals surface area contributed by atoms with Crippen LogP contribution in [0.2, 0.25) is 0 Å². The summed E-state index contributed by atoms with van der Waals surface area (Å²) in [6.45, 7) is 0. The van der Waals surface area contributed by atoms with E-state index in [4.69, 9.17) is 23.2 Å². The molecule has 0 saturated heterocycles. The molecule has 14 heavy (non-hydrogen) atoms. The van der Waals surface area contributed by atoms with E-state index in [1.165, 1.54) is 0 Å². The van der Waals surface area contributed by atoms with Gasteiger partial charge in [-0.2, -0.15) is 0 Å². The molecule has 0 amide bonds. The van der Waals surface area contributed by atoms with Gasteiger partial charge in [-0.25, -0.2) is 0 Å². The van der Waals surface area contributed by atoms with Crippen LogP contribution in [-0.2, 0) is 11.8 Å². The average molecular weight is 226 g/mol. The first kappa shape index (κ1) is 9.75. The second-order valence-corrected chi connectivity index (χ2v) is 3.59. The summed E-state index contributed by atoms with van der Waals surface area (Å²) in [6.07, 6.45) is 1.77. The van der Waals surface area contributed by atoms with Gasteiger partial charge >= 0.3 is 0 Å². The summed E-state index contributed by atoms with van der Waals surface area (Å²) < 4.78 is 0. The van der Waals surface area contributed by atoms with Gasteiger partial charge in [0.05, 0.1) is 5.52 Å². The van der Waals surface area contributed by atoms with E-state index in [1.54, 1.807) is 6.20 Å². The molecule has 1 nitrogen and oxygen atoms in total. The Labute approximate surface area is 92.7 Å². The molecule has 2 aromatic rings. The van der Waals surface area contributed by atoms with E-state index in [0.29, 0.717) is 11.8 Å². The van der Waals surface area contributed by atoms with E-state index in [-0.39, 0.29) is 0 Å². The molecule has 0 unspecified atom stereocenters. The molecular formula is C11H9Cl2N. The van der Waals surface area contributed by atoms with Crippen LogP contribution in [0.25, 0.3) is 10.9 Å². The fourth-order valence-corrected chi connectivity index (χ4v) is 1.97. The molecule has 0 radical (unpaired) electrons. The molecule has 0 aliphatic rings. The SMILES string of the molecule is ClCc1ccnc2c(CCl)cccc12. The van der Waals surface area contributed by atoms with Crippen molar-refractivity contribution in [1.82, 2.24) is 4.98 Å². The molecule has 0 bridgehead atoms. The summed E-state index contributed by atoms with van der Waals surface area (Å²) in [6, 6.07) is 7.93. The molecule has 0 aliphatic carbocycles. The first-order chi connectivity index (χ1) is 6.86. The van der Waals surface area contributed by atoms with Crippen LogP contribution >= 0.6 is 23.2 Å². The number of benzene rings is 1. The van der Waals surface area contributed by atoms with Gasteiger partial charge in [-0.05, 0) is 17.2 Å². The van der Waals surface area contributed by atoms with E-state index >= 15 is 0 Å². The Morgan fingerprint density at radius 1 is 1.00 bits per heavy atom. The average Bonchev–Trinajstić information content (AvgIpc) is 2.27. The molecular weight excluding hydrogens is 217 g/mol. The van der Waals surface area contributed by atoms with E-state index < -0.39 is 0 Å². The third-order valence-corrected chi connectivity index (χ3v) is 2.81. The van der Waals surface area contributed by atoms with Crippen LogP contribution in [0.4, 0.5) is 0 Å². The maximum Gasteiger partial charge on any atom is 0.0749 e. The lowest BCUT2D eigenvalue weighted by Gasteiger charge is -2.05. The number of fused-ring (bicyclic) bond motifs is 1. The smallest absolute Gasteiger partial charge is 0.0749 e. The molecule has 1 aromatic carbocycles. The van der Waals surface area contributed by atoms with Gasteiger partial charge in [-0.3, -0.25) is 4.98 Å². The minimum atomic E-state index is 0.482. The number of halogens is 2. The Hall–Kier alpha value is -0.790. The molecule has 3 heteroatoms. The fourth-order valence-electron chi connectivity index (χ4n) is 1.52. The highest BCUT2D eigenvalue weighted by Crippen LogP contribution is 2.22. The molecule has 0 fully saturated rings. The molecule has 1 heterocycles. The zero-order chi connectivity index (χ0) is 9.97. The maximum atomic E-state index is 5.84. The second kappa shape index (κ2) is 4.16. The highest BCUT2D eigenvalue weighted by Gasteiger charge is 2.04. The van der Waals surface area contributed by atoms with Crippen molar-refractivity contribution in [3.63, 3.8) is 0 Å². The summed E-state index contributed by atoms with van der Waals surface area (Å²) in [4.78, 5) is 4.32. The molecule has 1 aromatic heterocycles. The summed E-state index contributed by atoms with van der Waals surface area (Å²) in [7, 11) is 0. The number of para-hydroxylation sites is 1. The normalized spacial score (nSPS) is 10.7. The molecule has 0 aliphatic heterocycles. The molecule has 0 N–H and O–H groups in total. The van der Waals surface area contributed by atoms with Gasteiger partial charge in [-0.15, -0.1) is 23.2 Å². The number of rotatable bonds is 2. The Bertz CT molecular complexity index is 411. The number of hydrogen-bond acceptors (Lipinski definition) is 1. The zero-order valence-electron chi connectivity index (χ0n) is 7.50. The van der Waals surface area contributed by atoms with Gasteiger partial charge in [0.2, 0.25) is 0 Å². The van der Waals surface area contributed by atoms with Crippen molar-refractivity contribution >= 4 is 34.1 Å². The van der Waals surface area contributed by atoms with Crippen molar-refractivity contribution in [2.24, 2.45) is 0 Å². The summed E-state index contributed by atoms with van der Waals surface area (Å²) in [5.74, 6) is 0.987. The molecule has 0 atom stereocenters. The predicted molar refractivity (Wildman–Crippen MR) is 60.9 cm³/mol. The Morgan fingerprint density at radius 3 is 2.50 bits per heavy atom. The Kier molecular flexibility index (Phi) is 2.90. The Morgan fingerprint density at radius 2 is 1.79 bits per heavy atom. The van der Waals surface area contributed by atoms with Gasteiger partial charge in [0.25, 0.3) is 0 Å². The number of aromatic nitrogens is 1. The van der Waals surface area contributed by atoms with Crippen LogP contribution in [0, 0.1) is 0 Å². The van der Waals surface area contributed by atoms with Crippen LogP contribution in [-0.4, -0.2) is 4.98 Å². The molecule has 0 spiro atoms. The zero-order valence-corrected chi connectivity index (χ0v) is 9.02. The number of hydrogen-bond donors (Lipinski definition) is 0. The third kappa shape index (κ3) is 1.58. The molecule has 2 rings (SSSR count). The van der Waals surface area contributed by atoms with Crippen molar-refractivity contribution in [1.29, 1.82) is 0 Å². The summed E-state index contributed by atoms with van der Waals surface area (Å²) in [5.41, 5.74) is 3.11. The van der Waals surface area contributed by atoms with E-state index in [0.717, 1.165) is 22.0 Å². The van der Waals surface area contributed by atoms with Crippen molar-refractivity contribution in [2.75, 3.05) is 0 Å². The lowest BCUT2D eigenvalue weighted by Crippen LogP contribution is -1.89. The van der Waals surface area contributed by atoms with E-state index in [2.05, 4.69) is 4.98 Å². The van der Waals surface area contributed by atoms with E-state index in [1.807, 2.05) is 24.3 Å². The number of pyridine rings is 1. The van der Waals surface area contributed by atoms with Gasteiger partial charge < -0.3 is 0 Å². The first-order valence-electron chi connectivity index (χ1n) is 4.34. The minimum absolute atomic E-state index is 0.482. The van der Waals surface area contributed by atoms with Crippen molar-refractivity contribution in [3.05, 3.63) is 41.6 Å². The maximum absolute atomic E-state index is 5.84. The predicted octanol–water partition coefficient (Wildman–Crippen LogP) is 3.71.